The van der Waals surface area contributed by atoms with Crippen LogP contribution in [0.25, 0.3) is 0 Å². The van der Waals surface area contributed by atoms with Crippen molar-refractivity contribution in [2.45, 2.75) is 44.1 Å². The van der Waals surface area contributed by atoms with Crippen LogP contribution >= 0.6 is 11.6 Å². The lowest BCUT2D eigenvalue weighted by atomic mass is 9.97. The predicted molar refractivity (Wildman–Crippen MR) is 111 cm³/mol. The number of carbonyl (C=O) groups is 4. The molecule has 166 valence electrons. The average molecular weight is 466 g/mol. The van der Waals surface area contributed by atoms with Crippen molar-refractivity contribution in [2.24, 2.45) is 0 Å². The fraction of sp³-hybridized carbons (Fsp3) is 0.304. The summed E-state index contributed by atoms with van der Waals surface area (Å²) in [4.78, 5) is 50.2. The van der Waals surface area contributed by atoms with Gasteiger partial charge in [-0.1, -0.05) is 35.9 Å². The van der Waals surface area contributed by atoms with Gasteiger partial charge in [0.05, 0.1) is 1.37 Å². The van der Waals surface area contributed by atoms with Gasteiger partial charge < -0.3 is 4.90 Å². The Morgan fingerprint density at radius 3 is 2.69 bits per heavy atom. The molecule has 2 heterocycles. The van der Waals surface area contributed by atoms with Gasteiger partial charge in [0.2, 0.25) is 17.6 Å². The van der Waals surface area contributed by atoms with Crippen molar-refractivity contribution >= 4 is 35.1 Å². The molecule has 1 saturated heterocycles. The maximum atomic E-state index is 14.6. The summed E-state index contributed by atoms with van der Waals surface area (Å²) in [6, 6.07) is 5.32. The second kappa shape index (κ2) is 8.43. The first-order valence-corrected chi connectivity index (χ1v) is 9.82. The largest absolute Gasteiger partial charge is 0.330 e. The number of carbonyl (C=O) groups excluding carboxylic acids is 4. The van der Waals surface area contributed by atoms with Gasteiger partial charge in [0.25, 0.3) is 5.91 Å². The Morgan fingerprint density at radius 2 is 1.97 bits per heavy atom. The van der Waals surface area contributed by atoms with Crippen molar-refractivity contribution in [2.75, 3.05) is 0 Å². The van der Waals surface area contributed by atoms with Crippen LogP contribution in [0, 0.1) is 0 Å². The molecule has 2 aromatic rings. The second-order valence-corrected chi connectivity index (χ2v) is 7.61. The van der Waals surface area contributed by atoms with E-state index in [0.717, 1.165) is 12.1 Å². The number of nitrogens with one attached hydrogen (secondary N) is 1. The number of amides is 3. The van der Waals surface area contributed by atoms with Crippen LogP contribution in [0.2, 0.25) is 5.02 Å². The van der Waals surface area contributed by atoms with Crippen LogP contribution in [0.1, 0.15) is 53.1 Å². The molecule has 2 unspecified atom stereocenters. The maximum Gasteiger partial charge on any atom is 0.330 e. The number of piperidine rings is 1. The first-order valence-electron chi connectivity index (χ1n) is 12.1. The second-order valence-electron chi connectivity index (χ2n) is 7.18. The first-order chi connectivity index (χ1) is 17.1. The summed E-state index contributed by atoms with van der Waals surface area (Å²) in [6.07, 6.45) is -7.50. The topological polar surface area (TPSA) is 83.6 Å². The molecule has 0 spiro atoms. The summed E-state index contributed by atoms with van der Waals surface area (Å²) >= 11 is 5.70. The molecule has 6 nitrogen and oxygen atoms in total. The highest BCUT2D eigenvalue weighted by atomic mass is 35.5. The Labute approximate surface area is 194 Å². The van der Waals surface area contributed by atoms with E-state index in [1.165, 1.54) is 30.3 Å². The van der Waals surface area contributed by atoms with Gasteiger partial charge in [-0.2, -0.15) is 8.78 Å². The number of ketones is 1. The van der Waals surface area contributed by atoms with Gasteiger partial charge in [-0.3, -0.25) is 24.5 Å². The molecule has 0 aromatic heterocycles. The summed E-state index contributed by atoms with van der Waals surface area (Å²) in [6.45, 7) is -0.471. The highest BCUT2D eigenvalue weighted by Gasteiger charge is 2.41. The molecule has 2 aliphatic heterocycles. The number of nitrogens with zero attached hydrogens (tertiary/aromatic N) is 1. The normalized spacial score (nSPS) is 28.0. The van der Waals surface area contributed by atoms with Crippen molar-refractivity contribution in [3.8, 4) is 0 Å². The van der Waals surface area contributed by atoms with Crippen molar-refractivity contribution in [3.05, 3.63) is 69.7 Å². The number of fused-ring (bicyclic) bond motifs is 1. The molecule has 0 saturated carbocycles. The number of hydrogen-bond donors (Lipinski definition) is 1. The molecule has 9 heteroatoms. The minimum Gasteiger partial charge on any atom is -0.322 e. The van der Waals surface area contributed by atoms with Gasteiger partial charge in [-0.05, 0) is 42.1 Å². The Kier molecular flexibility index (Phi) is 4.34. The molecule has 32 heavy (non-hydrogen) atoms. The van der Waals surface area contributed by atoms with E-state index < -0.39 is 73.1 Å². The number of Topliss-reactive ketones (excluding diaryl/α,β-unsaturated/α-hetero) is 1. The Bertz CT molecular complexity index is 1330. The van der Waals surface area contributed by atoms with Crippen molar-refractivity contribution in [1.29, 1.82) is 0 Å². The monoisotopic (exact) mass is 465 g/mol. The zero-order valence-electron chi connectivity index (χ0n) is 21.3. The summed E-state index contributed by atoms with van der Waals surface area (Å²) in [5, 5.41) is 1.96. The molecule has 4 rings (SSSR count). The lowest BCUT2D eigenvalue weighted by molar-refractivity contribution is -0.144. The zero-order chi connectivity index (χ0) is 27.5. The molecule has 3 amide bonds. The highest BCUT2D eigenvalue weighted by molar-refractivity contribution is 6.30. The Hall–Kier alpha value is -3.13. The smallest absolute Gasteiger partial charge is 0.322 e. The SMILES string of the molecule is [2H]C(CC(=O)C(F)(F)c1ccc(Cl)cc1)c1ccc2c(c1)CN([C@@]1([2H])C(=O)NC(=O)C([2H])C1([2H])[2H])C2=O. The van der Waals surface area contributed by atoms with Crippen LogP contribution in [-0.4, -0.2) is 34.4 Å². The maximum absolute atomic E-state index is 14.6. The average Bonchev–Trinajstić information content (AvgIpc) is 3.18. The van der Waals surface area contributed by atoms with Crippen molar-refractivity contribution < 1.29 is 34.8 Å². The summed E-state index contributed by atoms with van der Waals surface area (Å²) in [5.41, 5.74) is -0.318. The predicted octanol–water partition coefficient (Wildman–Crippen LogP) is 3.39. The van der Waals surface area contributed by atoms with Gasteiger partial charge >= 0.3 is 5.92 Å². The summed E-state index contributed by atoms with van der Waals surface area (Å²) in [7, 11) is 0. The molecule has 0 bridgehead atoms. The van der Waals surface area contributed by atoms with Crippen LogP contribution in [0.15, 0.2) is 42.5 Å². The standard InChI is InChI=1S/C23H19ClF2N2O4/c24-16-5-3-15(4-6-16)23(25,26)19(29)9-2-13-1-7-17-14(11-13)12-28(22(17)32)18-8-10-20(30)27-21(18)31/h1,3-7,11,18H,2,8-10,12H2,(H,27,30,31)/t18-/m1/s1/i2D,8D2,10D,18D/t2?,10?,18-. The van der Waals surface area contributed by atoms with E-state index in [1.807, 2.05) is 0 Å². The lowest BCUT2D eigenvalue weighted by Crippen LogP contribution is -2.52. The fourth-order valence-corrected chi connectivity index (χ4v) is 3.54. The molecular formula is C23H19ClF2N2O4. The van der Waals surface area contributed by atoms with E-state index in [4.69, 9.17) is 18.5 Å². The Morgan fingerprint density at radius 1 is 1.25 bits per heavy atom. The first kappa shape index (κ1) is 16.5. The summed E-state index contributed by atoms with van der Waals surface area (Å²) < 4.78 is 70.0. The van der Waals surface area contributed by atoms with Crippen LogP contribution in [0.3, 0.4) is 0 Å². The third-order valence-electron chi connectivity index (χ3n) is 5.08. The van der Waals surface area contributed by atoms with Gasteiger partial charge in [-0.15, -0.1) is 0 Å². The molecule has 2 aromatic carbocycles. The Balaban J connectivity index is 1.57. The lowest BCUT2D eigenvalue weighted by Gasteiger charge is -2.29. The number of imide groups is 1. The van der Waals surface area contributed by atoms with E-state index in [2.05, 4.69) is 0 Å². The molecule has 0 aliphatic carbocycles. The van der Waals surface area contributed by atoms with Crippen LogP contribution < -0.4 is 5.32 Å². The number of halogens is 3. The van der Waals surface area contributed by atoms with Crippen LogP contribution in [0.5, 0.6) is 0 Å². The highest BCUT2D eigenvalue weighted by Crippen LogP contribution is 2.32. The van der Waals surface area contributed by atoms with Gasteiger partial charge in [0.1, 0.15) is 6.02 Å². The minimum atomic E-state index is -3.87. The number of hydrogen-bond acceptors (Lipinski definition) is 4. The van der Waals surface area contributed by atoms with Crippen LogP contribution in [0.4, 0.5) is 8.78 Å². The number of rotatable bonds is 6. The number of alkyl halides is 2. The van der Waals surface area contributed by atoms with E-state index in [1.54, 1.807) is 5.32 Å². The molecular weight excluding hydrogens is 442 g/mol. The minimum absolute atomic E-state index is 0.0255. The fourth-order valence-electron chi connectivity index (χ4n) is 3.41. The van der Waals surface area contributed by atoms with E-state index in [9.17, 15) is 28.0 Å². The van der Waals surface area contributed by atoms with E-state index >= 15 is 0 Å². The molecule has 1 N–H and O–H groups in total. The molecule has 0 radical (unpaired) electrons. The number of aryl methyl sites for hydroxylation is 1. The molecule has 3 atom stereocenters. The quantitative estimate of drug-likeness (QED) is 0.663. The molecule has 1 fully saturated rings. The van der Waals surface area contributed by atoms with Crippen molar-refractivity contribution in [1.82, 2.24) is 10.2 Å². The third kappa shape index (κ3) is 4.14. The summed E-state index contributed by atoms with van der Waals surface area (Å²) in [5.74, 6) is -8.92. The van der Waals surface area contributed by atoms with Gasteiger partial charge in [-0.25, -0.2) is 0 Å². The van der Waals surface area contributed by atoms with E-state index in [-0.39, 0.29) is 21.7 Å². The van der Waals surface area contributed by atoms with Crippen LogP contribution in [-0.2, 0) is 33.2 Å². The van der Waals surface area contributed by atoms with Gasteiger partial charge in [0, 0.05) is 41.0 Å². The number of benzene rings is 2. The van der Waals surface area contributed by atoms with E-state index in [0.29, 0.717) is 4.90 Å². The van der Waals surface area contributed by atoms with Gasteiger partial charge in [0.15, 0.2) is 0 Å². The third-order valence-corrected chi connectivity index (χ3v) is 5.33. The van der Waals surface area contributed by atoms with Crippen molar-refractivity contribution in [3.63, 3.8) is 0 Å². The zero-order valence-corrected chi connectivity index (χ0v) is 17.1. The molecule has 2 aliphatic rings.